The predicted molar refractivity (Wildman–Crippen MR) is 138 cm³/mol. The Morgan fingerprint density at radius 3 is 2.49 bits per heavy atom. The van der Waals surface area contributed by atoms with E-state index in [0.717, 1.165) is 24.3 Å². The largest absolute Gasteiger partial charge is 0.452 e. The number of pyridine rings is 1. The molecule has 0 unspecified atom stereocenters. The number of nitro groups is 1. The molecule has 0 atom stereocenters. The zero-order valence-electron chi connectivity index (χ0n) is 19.9. The molecule has 186 valence electrons. The lowest BCUT2D eigenvalue weighted by atomic mass is 9.95. The third-order valence-electron chi connectivity index (χ3n) is 6.27. The Balaban J connectivity index is 1.34. The second-order valence-electron chi connectivity index (χ2n) is 8.80. The van der Waals surface area contributed by atoms with Crippen molar-refractivity contribution in [2.75, 3.05) is 18.5 Å². The molecule has 0 saturated heterocycles. The molecular formula is C28H24N4O5. The first-order valence-electron chi connectivity index (χ1n) is 11.9. The first kappa shape index (κ1) is 24.1. The summed E-state index contributed by atoms with van der Waals surface area (Å²) < 4.78 is 5.45. The molecule has 1 aliphatic rings. The van der Waals surface area contributed by atoms with Crippen LogP contribution in [-0.2, 0) is 29.0 Å². The van der Waals surface area contributed by atoms with Gasteiger partial charge in [0.05, 0.1) is 16.0 Å². The molecule has 9 heteroatoms. The lowest BCUT2D eigenvalue weighted by Crippen LogP contribution is -2.32. The van der Waals surface area contributed by atoms with Gasteiger partial charge in [0.25, 0.3) is 11.6 Å². The minimum absolute atomic E-state index is 0.0833. The number of hydrogen-bond donors (Lipinski definition) is 1. The molecule has 3 aromatic carbocycles. The fourth-order valence-electron chi connectivity index (χ4n) is 4.52. The summed E-state index contributed by atoms with van der Waals surface area (Å²) in [4.78, 5) is 43.1. The van der Waals surface area contributed by atoms with Gasteiger partial charge in [-0.15, -0.1) is 0 Å². The highest BCUT2D eigenvalue weighted by molar-refractivity contribution is 6.06. The smallest absolute Gasteiger partial charge is 0.339 e. The molecule has 1 amide bonds. The molecule has 1 N–H and O–H groups in total. The van der Waals surface area contributed by atoms with Gasteiger partial charge in [0.1, 0.15) is 0 Å². The number of nitro benzene ring substituents is 1. The second kappa shape index (κ2) is 10.5. The number of nitrogens with zero attached hydrogens (tertiary/aromatic N) is 3. The first-order valence-corrected chi connectivity index (χ1v) is 11.9. The molecule has 0 radical (unpaired) electrons. The van der Waals surface area contributed by atoms with Crippen molar-refractivity contribution in [3.05, 3.63) is 111 Å². The van der Waals surface area contributed by atoms with E-state index in [-0.39, 0.29) is 5.69 Å². The van der Waals surface area contributed by atoms with E-state index in [4.69, 9.17) is 9.72 Å². The average Bonchev–Trinajstić information content (AvgIpc) is 2.91. The van der Waals surface area contributed by atoms with Gasteiger partial charge in [0.2, 0.25) is 0 Å². The summed E-state index contributed by atoms with van der Waals surface area (Å²) in [7, 11) is 0. The summed E-state index contributed by atoms with van der Waals surface area (Å²) in [5, 5.41) is 14.1. The number of aromatic nitrogens is 1. The number of amides is 1. The number of carbonyl (C=O) groups is 2. The predicted octanol–water partition coefficient (Wildman–Crippen LogP) is 4.50. The van der Waals surface area contributed by atoms with Gasteiger partial charge in [-0.25, -0.2) is 4.79 Å². The van der Waals surface area contributed by atoms with E-state index in [1.165, 1.54) is 29.8 Å². The van der Waals surface area contributed by atoms with E-state index in [1.807, 2.05) is 42.5 Å². The van der Waals surface area contributed by atoms with E-state index in [2.05, 4.69) is 22.3 Å². The molecule has 5 rings (SSSR count). The number of nitrogens with one attached hydrogen (secondary N) is 1. The Bertz CT molecular complexity index is 1470. The van der Waals surface area contributed by atoms with E-state index in [0.29, 0.717) is 35.1 Å². The van der Waals surface area contributed by atoms with Gasteiger partial charge in [-0.1, -0.05) is 48.5 Å². The molecule has 0 spiro atoms. The molecule has 0 saturated carbocycles. The van der Waals surface area contributed by atoms with Crippen LogP contribution >= 0.6 is 0 Å². The van der Waals surface area contributed by atoms with Crippen LogP contribution in [0.2, 0.25) is 0 Å². The fourth-order valence-corrected chi connectivity index (χ4v) is 4.52. The van der Waals surface area contributed by atoms with Gasteiger partial charge in [-0.05, 0) is 23.8 Å². The Labute approximate surface area is 212 Å². The molecule has 0 bridgehead atoms. The topological polar surface area (TPSA) is 115 Å². The number of ether oxygens (including phenoxy) is 1. The van der Waals surface area contributed by atoms with Crippen molar-refractivity contribution in [2.24, 2.45) is 0 Å². The van der Waals surface area contributed by atoms with Crippen molar-refractivity contribution in [1.82, 2.24) is 9.88 Å². The third kappa shape index (κ3) is 5.46. The maximum atomic E-state index is 13.3. The lowest BCUT2D eigenvalue weighted by Gasteiger charge is -2.30. The second-order valence-corrected chi connectivity index (χ2v) is 8.80. The Hall–Kier alpha value is -4.63. The number of fused-ring (bicyclic) bond motifs is 2. The van der Waals surface area contributed by atoms with E-state index >= 15 is 0 Å². The van der Waals surface area contributed by atoms with Crippen molar-refractivity contribution in [1.29, 1.82) is 0 Å². The Morgan fingerprint density at radius 1 is 1.00 bits per heavy atom. The summed E-state index contributed by atoms with van der Waals surface area (Å²) in [6, 6.07) is 23.0. The summed E-state index contributed by atoms with van der Waals surface area (Å²) in [6.45, 7) is 1.62. The van der Waals surface area contributed by atoms with E-state index in [9.17, 15) is 19.7 Å². The van der Waals surface area contributed by atoms with Gasteiger partial charge in [-0.2, -0.15) is 0 Å². The number of para-hydroxylation sites is 1. The monoisotopic (exact) mass is 496 g/mol. The molecule has 2 heterocycles. The number of carbonyl (C=O) groups excluding carboxylic acids is 2. The minimum atomic E-state index is -0.588. The summed E-state index contributed by atoms with van der Waals surface area (Å²) >= 11 is 0. The number of esters is 1. The number of benzene rings is 3. The third-order valence-corrected chi connectivity index (χ3v) is 6.27. The first-order chi connectivity index (χ1) is 18.0. The van der Waals surface area contributed by atoms with Crippen LogP contribution in [0, 0.1) is 10.1 Å². The lowest BCUT2D eigenvalue weighted by molar-refractivity contribution is -0.384. The van der Waals surface area contributed by atoms with Gasteiger partial charge >= 0.3 is 5.97 Å². The Morgan fingerprint density at radius 2 is 1.73 bits per heavy atom. The Kier molecular flexibility index (Phi) is 6.87. The highest BCUT2D eigenvalue weighted by Gasteiger charge is 2.27. The normalized spacial score (nSPS) is 13.1. The molecule has 1 aliphatic heterocycles. The van der Waals surface area contributed by atoms with Gasteiger partial charge in [0, 0.05) is 60.5 Å². The summed E-state index contributed by atoms with van der Waals surface area (Å²) in [5.74, 6) is -1.13. The number of rotatable bonds is 7. The SMILES string of the molecule is O=C(COC(=O)c1c2c(nc3ccccc13)CCN(Cc1ccccc1)C2)Nc1ccc([N+](=O)[O-])cc1. The highest BCUT2D eigenvalue weighted by Crippen LogP contribution is 2.29. The van der Waals surface area contributed by atoms with Gasteiger partial charge in [0.15, 0.2) is 6.61 Å². The molecule has 0 fully saturated rings. The zero-order chi connectivity index (χ0) is 25.8. The highest BCUT2D eigenvalue weighted by atomic mass is 16.6. The molecule has 1 aromatic heterocycles. The fraction of sp³-hybridized carbons (Fsp3) is 0.179. The van der Waals surface area contributed by atoms with Crippen LogP contribution in [-0.4, -0.2) is 39.8 Å². The number of hydrogen-bond acceptors (Lipinski definition) is 7. The average molecular weight is 497 g/mol. The number of non-ortho nitro benzene ring substituents is 1. The van der Waals surface area contributed by atoms with Gasteiger partial charge < -0.3 is 10.1 Å². The van der Waals surface area contributed by atoms with Gasteiger partial charge in [-0.3, -0.25) is 24.8 Å². The summed E-state index contributed by atoms with van der Waals surface area (Å²) in [6.07, 6.45) is 0.702. The van der Waals surface area contributed by atoms with Crippen LogP contribution < -0.4 is 5.32 Å². The molecular weight excluding hydrogens is 472 g/mol. The standard InChI is InChI=1S/C28H24N4O5/c33-26(29-20-10-12-21(13-11-20)32(35)36)18-37-28(34)27-22-8-4-5-9-24(22)30-25-14-15-31(17-23(25)27)16-19-6-2-1-3-7-19/h1-13H,14-18H2,(H,29,33). The van der Waals surface area contributed by atoms with Crippen LogP contribution in [0.3, 0.4) is 0 Å². The van der Waals surface area contributed by atoms with Crippen LogP contribution in [0.25, 0.3) is 10.9 Å². The van der Waals surface area contributed by atoms with Crippen molar-refractivity contribution >= 4 is 34.2 Å². The quantitative estimate of drug-likeness (QED) is 0.228. The van der Waals surface area contributed by atoms with E-state index < -0.39 is 23.4 Å². The molecule has 9 nitrogen and oxygen atoms in total. The van der Waals surface area contributed by atoms with Crippen molar-refractivity contribution in [3.8, 4) is 0 Å². The zero-order valence-corrected chi connectivity index (χ0v) is 19.9. The van der Waals surface area contributed by atoms with Crippen molar-refractivity contribution < 1.29 is 19.2 Å². The maximum absolute atomic E-state index is 13.3. The number of anilines is 1. The maximum Gasteiger partial charge on any atom is 0.339 e. The summed E-state index contributed by atoms with van der Waals surface area (Å²) in [5.41, 5.74) is 4.30. The van der Waals surface area contributed by atoms with Crippen LogP contribution in [0.4, 0.5) is 11.4 Å². The van der Waals surface area contributed by atoms with Crippen LogP contribution in [0.1, 0.15) is 27.2 Å². The molecule has 4 aromatic rings. The van der Waals surface area contributed by atoms with Crippen molar-refractivity contribution in [3.63, 3.8) is 0 Å². The van der Waals surface area contributed by atoms with Crippen LogP contribution in [0.5, 0.6) is 0 Å². The molecule has 37 heavy (non-hydrogen) atoms. The van der Waals surface area contributed by atoms with Crippen LogP contribution in [0.15, 0.2) is 78.9 Å². The van der Waals surface area contributed by atoms with E-state index in [1.54, 1.807) is 0 Å². The minimum Gasteiger partial charge on any atom is -0.452 e. The van der Waals surface area contributed by atoms with Crippen molar-refractivity contribution in [2.45, 2.75) is 19.5 Å². The molecule has 0 aliphatic carbocycles.